The fraction of sp³-hybridized carbons (Fsp3) is 0.500. The van der Waals surface area contributed by atoms with Crippen molar-refractivity contribution in [1.29, 1.82) is 0 Å². The van der Waals surface area contributed by atoms with Crippen molar-refractivity contribution in [2.24, 2.45) is 0 Å². The largest absolute Gasteiger partial charge is 0.444 e. The van der Waals surface area contributed by atoms with Crippen LogP contribution in [0.25, 0.3) is 0 Å². The average molecular weight is 293 g/mol. The number of rotatable bonds is 5. The van der Waals surface area contributed by atoms with Gasteiger partial charge in [0.15, 0.2) is 0 Å². The first-order valence-electron chi connectivity index (χ1n) is 7.14. The molecular formula is C16H25N2O3+. The third-order valence-corrected chi connectivity index (χ3v) is 2.68. The summed E-state index contributed by atoms with van der Waals surface area (Å²) in [5.41, 5.74) is 0.453. The Balaban J connectivity index is 2.59. The molecule has 1 rings (SSSR count). The van der Waals surface area contributed by atoms with Gasteiger partial charge in [0, 0.05) is 5.56 Å². The van der Waals surface area contributed by atoms with Gasteiger partial charge in [0.2, 0.25) is 12.8 Å². The summed E-state index contributed by atoms with van der Waals surface area (Å²) in [5, 5.41) is 12.7. The third-order valence-electron chi connectivity index (χ3n) is 2.68. The molecule has 0 saturated carbocycles. The Morgan fingerprint density at radius 3 is 2.52 bits per heavy atom. The van der Waals surface area contributed by atoms with Gasteiger partial charge in [0.05, 0.1) is 0 Å². The number of hydrogen-bond acceptors (Lipinski definition) is 3. The number of ether oxygens (including phenoxy) is 1. The van der Waals surface area contributed by atoms with Gasteiger partial charge in [-0.3, -0.25) is 5.21 Å². The van der Waals surface area contributed by atoms with Gasteiger partial charge in [-0.1, -0.05) is 37.3 Å². The molecule has 5 nitrogen and oxygen atoms in total. The van der Waals surface area contributed by atoms with E-state index in [4.69, 9.17) is 4.74 Å². The quantitative estimate of drug-likeness (QED) is 0.380. The number of hydrogen-bond donors (Lipinski definition) is 2. The Morgan fingerprint density at radius 2 is 2.00 bits per heavy atom. The van der Waals surface area contributed by atoms with Crippen LogP contribution < -0.4 is 5.32 Å². The van der Waals surface area contributed by atoms with Gasteiger partial charge in [-0.15, -0.1) is 0 Å². The lowest BCUT2D eigenvalue weighted by Crippen LogP contribution is -2.41. The van der Waals surface area contributed by atoms with Crippen molar-refractivity contribution in [3.05, 3.63) is 35.9 Å². The molecule has 1 amide bonds. The highest BCUT2D eigenvalue weighted by Gasteiger charge is 2.20. The zero-order valence-corrected chi connectivity index (χ0v) is 13.2. The molecule has 0 aliphatic carbocycles. The summed E-state index contributed by atoms with van der Waals surface area (Å²) in [4.78, 5) is 11.7. The molecule has 1 aromatic carbocycles. The Morgan fingerprint density at radius 1 is 1.38 bits per heavy atom. The molecule has 0 radical (unpaired) electrons. The van der Waals surface area contributed by atoms with Crippen molar-refractivity contribution in [3.63, 3.8) is 0 Å². The molecule has 0 heterocycles. The van der Waals surface area contributed by atoms with Gasteiger partial charge in [-0.05, 0) is 31.9 Å². The number of hydroxylamine groups is 1. The number of benzene rings is 1. The van der Waals surface area contributed by atoms with Gasteiger partial charge >= 0.3 is 6.09 Å². The van der Waals surface area contributed by atoms with Crippen molar-refractivity contribution >= 4 is 12.3 Å². The van der Waals surface area contributed by atoms with Crippen LogP contribution >= 0.6 is 0 Å². The van der Waals surface area contributed by atoms with Gasteiger partial charge in [0.25, 0.3) is 0 Å². The standard InChI is InChI=1S/C16H24N2O3/c1-5-14(17-15(19)21-16(2,3)4)12-18(20)11-13-9-7-6-8-10-13/h6-10,12,14H,5,11H2,1-4H3,(H-,17,19,20)/p+1/b18-12-/t14-/m0/s1. The summed E-state index contributed by atoms with van der Waals surface area (Å²) in [6.07, 6.45) is 1.75. The minimum atomic E-state index is -0.536. The second kappa shape index (κ2) is 7.67. The van der Waals surface area contributed by atoms with Crippen LogP contribution in [0.4, 0.5) is 4.79 Å². The molecular weight excluding hydrogens is 268 g/mol. The first kappa shape index (κ1) is 17.0. The molecule has 0 spiro atoms. The molecule has 1 atom stereocenters. The maximum Gasteiger partial charge on any atom is 0.408 e. The molecule has 21 heavy (non-hydrogen) atoms. The topological polar surface area (TPSA) is 61.6 Å². The molecule has 0 unspecified atom stereocenters. The summed E-state index contributed by atoms with van der Waals surface area (Å²) in [6.45, 7) is 7.73. The van der Waals surface area contributed by atoms with E-state index in [0.29, 0.717) is 13.0 Å². The molecule has 0 fully saturated rings. The lowest BCUT2D eigenvalue weighted by atomic mass is 10.2. The molecule has 0 aromatic heterocycles. The summed E-state index contributed by atoms with van der Waals surface area (Å²) in [5.74, 6) is 0. The Bertz CT molecular complexity index is 478. The van der Waals surface area contributed by atoms with Crippen molar-refractivity contribution < 1.29 is 19.5 Å². The number of alkyl carbamates (subject to hydrolysis) is 1. The Labute approximate surface area is 126 Å². The molecule has 0 aliphatic heterocycles. The average Bonchev–Trinajstić information content (AvgIpc) is 2.36. The van der Waals surface area contributed by atoms with E-state index in [0.717, 1.165) is 10.3 Å². The van der Waals surface area contributed by atoms with Gasteiger partial charge in [0.1, 0.15) is 11.6 Å². The SMILES string of the molecule is CC[C@@H](/C=[N+](\O)Cc1ccccc1)NC(=O)OC(C)(C)C. The first-order valence-corrected chi connectivity index (χ1v) is 7.14. The van der Waals surface area contributed by atoms with E-state index < -0.39 is 11.7 Å². The van der Waals surface area contributed by atoms with Crippen LogP contribution in [0.3, 0.4) is 0 Å². The van der Waals surface area contributed by atoms with Crippen molar-refractivity contribution in [3.8, 4) is 0 Å². The zero-order valence-electron chi connectivity index (χ0n) is 13.2. The van der Waals surface area contributed by atoms with Crippen LogP contribution in [0.1, 0.15) is 39.7 Å². The van der Waals surface area contributed by atoms with Gasteiger partial charge in [-0.2, -0.15) is 0 Å². The Hall–Kier alpha value is -2.04. The van der Waals surface area contributed by atoms with Crippen molar-refractivity contribution in [2.45, 2.75) is 52.3 Å². The molecule has 2 N–H and O–H groups in total. The van der Waals surface area contributed by atoms with Crippen molar-refractivity contribution in [2.75, 3.05) is 0 Å². The van der Waals surface area contributed by atoms with E-state index in [1.54, 1.807) is 6.21 Å². The number of carbonyl (C=O) groups is 1. The Kier molecular flexibility index (Phi) is 6.21. The molecule has 116 valence electrons. The highest BCUT2D eigenvalue weighted by Crippen LogP contribution is 2.07. The molecule has 0 bridgehead atoms. The summed E-state index contributed by atoms with van der Waals surface area (Å²) in [7, 11) is 0. The number of nitrogens with zero attached hydrogens (tertiary/aromatic N) is 1. The van der Waals surface area contributed by atoms with Crippen LogP contribution in [0.2, 0.25) is 0 Å². The van der Waals surface area contributed by atoms with Gasteiger partial charge < -0.3 is 10.1 Å². The molecule has 0 saturated heterocycles. The normalized spacial score (nSPS) is 13.6. The van der Waals surface area contributed by atoms with E-state index in [9.17, 15) is 10.0 Å². The van der Waals surface area contributed by atoms with Gasteiger partial charge in [-0.25, -0.2) is 4.79 Å². The molecule has 0 aliphatic rings. The summed E-state index contributed by atoms with van der Waals surface area (Å²) in [6, 6.07) is 9.33. The zero-order chi connectivity index (χ0) is 15.9. The number of carbonyl (C=O) groups excluding carboxylic acids is 1. The lowest BCUT2D eigenvalue weighted by Gasteiger charge is -2.20. The molecule has 5 heteroatoms. The fourth-order valence-corrected chi connectivity index (χ4v) is 1.73. The van der Waals surface area contributed by atoms with E-state index >= 15 is 0 Å². The highest BCUT2D eigenvalue weighted by atomic mass is 16.6. The van der Waals surface area contributed by atoms with Crippen LogP contribution in [-0.4, -0.2) is 33.9 Å². The maximum absolute atomic E-state index is 11.7. The van der Waals surface area contributed by atoms with E-state index in [-0.39, 0.29) is 6.04 Å². The minimum absolute atomic E-state index is 0.284. The summed E-state index contributed by atoms with van der Waals surface area (Å²) < 4.78 is 6.28. The highest BCUT2D eigenvalue weighted by molar-refractivity contribution is 5.73. The second-order valence-corrected chi connectivity index (χ2v) is 5.89. The van der Waals surface area contributed by atoms with Crippen molar-refractivity contribution in [1.82, 2.24) is 5.32 Å². The number of amides is 1. The number of nitrogens with one attached hydrogen (secondary N) is 1. The van der Waals surface area contributed by atoms with E-state index in [1.165, 1.54) is 0 Å². The van der Waals surface area contributed by atoms with E-state index in [1.807, 2.05) is 58.0 Å². The van der Waals surface area contributed by atoms with Crippen LogP contribution in [0.5, 0.6) is 0 Å². The minimum Gasteiger partial charge on any atom is -0.444 e. The van der Waals surface area contributed by atoms with E-state index in [2.05, 4.69) is 5.32 Å². The molecule has 1 aromatic rings. The lowest BCUT2D eigenvalue weighted by molar-refractivity contribution is -0.784. The smallest absolute Gasteiger partial charge is 0.408 e. The summed E-state index contributed by atoms with van der Waals surface area (Å²) >= 11 is 0. The van der Waals surface area contributed by atoms with Crippen LogP contribution in [0, 0.1) is 0 Å². The maximum atomic E-state index is 11.7. The monoisotopic (exact) mass is 293 g/mol. The van der Waals surface area contributed by atoms with Crippen LogP contribution in [0.15, 0.2) is 30.3 Å². The predicted octanol–water partition coefficient (Wildman–Crippen LogP) is 2.96. The predicted molar refractivity (Wildman–Crippen MR) is 81.7 cm³/mol. The first-order chi connectivity index (χ1) is 9.80. The second-order valence-electron chi connectivity index (χ2n) is 5.89. The fourth-order valence-electron chi connectivity index (χ4n) is 1.73. The van der Waals surface area contributed by atoms with Crippen LogP contribution in [-0.2, 0) is 11.3 Å². The third kappa shape index (κ3) is 7.34.